The predicted octanol–water partition coefficient (Wildman–Crippen LogP) is 1.09. The van der Waals surface area contributed by atoms with Gasteiger partial charge < -0.3 is 15.6 Å². The first-order valence-electron chi connectivity index (χ1n) is 5.99. The van der Waals surface area contributed by atoms with Gasteiger partial charge in [-0.15, -0.1) is 0 Å². The maximum absolute atomic E-state index is 11.5. The molecule has 0 fully saturated rings. The van der Waals surface area contributed by atoms with Crippen LogP contribution in [0.3, 0.4) is 0 Å². The zero-order chi connectivity index (χ0) is 14.4. The van der Waals surface area contributed by atoms with Crippen LogP contribution >= 0.6 is 0 Å². The van der Waals surface area contributed by atoms with Crippen LogP contribution < -0.4 is 15.8 Å². The number of para-hydroxylation sites is 1. The second-order valence-electron chi connectivity index (χ2n) is 4.08. The number of aliphatic hydroxyl groups excluding tert-OH is 1. The molecule has 1 rings (SSSR count). The third-order valence-corrected chi connectivity index (χ3v) is 2.58. The van der Waals surface area contributed by atoms with Crippen LogP contribution in [0.5, 0.6) is 5.75 Å². The van der Waals surface area contributed by atoms with Crippen molar-refractivity contribution >= 4 is 11.9 Å². The van der Waals surface area contributed by atoms with Gasteiger partial charge in [0, 0.05) is 5.56 Å². The smallest absolute Gasteiger partial charge is 0.318 e. The average molecular weight is 266 g/mol. The lowest BCUT2D eigenvalue weighted by atomic mass is 10.1. The van der Waals surface area contributed by atoms with Gasteiger partial charge in [-0.1, -0.05) is 25.1 Å². The molecule has 2 atom stereocenters. The summed E-state index contributed by atoms with van der Waals surface area (Å²) in [6.45, 7) is 3.33. The number of carbonyl (C=O) groups is 2. The Balaban J connectivity index is 2.81. The summed E-state index contributed by atoms with van der Waals surface area (Å²) in [5.41, 5.74) is 5.46. The van der Waals surface area contributed by atoms with E-state index in [2.05, 4.69) is 0 Å². The van der Waals surface area contributed by atoms with E-state index in [9.17, 15) is 14.7 Å². The van der Waals surface area contributed by atoms with Crippen LogP contribution in [-0.4, -0.2) is 23.1 Å². The van der Waals surface area contributed by atoms with Gasteiger partial charge in [-0.3, -0.25) is 10.1 Å². The van der Waals surface area contributed by atoms with E-state index in [1.807, 2.05) is 12.2 Å². The van der Waals surface area contributed by atoms with Crippen LogP contribution in [0.15, 0.2) is 24.3 Å². The number of carbonyl (C=O) groups excluding carboxylic acids is 2. The lowest BCUT2D eigenvalue weighted by Crippen LogP contribution is -2.42. The number of nitrogens with two attached hydrogens (primary N) is 1. The SMILES string of the molecule is CCC(O)c1ccccc1OC(C)C(=O)NC(N)=O. The summed E-state index contributed by atoms with van der Waals surface area (Å²) in [7, 11) is 0. The van der Waals surface area contributed by atoms with E-state index in [0.717, 1.165) is 0 Å². The molecule has 2 unspecified atom stereocenters. The lowest BCUT2D eigenvalue weighted by molar-refractivity contribution is -0.126. The highest BCUT2D eigenvalue weighted by Gasteiger charge is 2.19. The number of hydrogen-bond acceptors (Lipinski definition) is 4. The second kappa shape index (κ2) is 6.75. The minimum absolute atomic E-state index is 0.406. The normalized spacial score (nSPS) is 13.4. The second-order valence-corrected chi connectivity index (χ2v) is 4.08. The molecule has 4 N–H and O–H groups in total. The Bertz CT molecular complexity index is 462. The summed E-state index contributed by atoms with van der Waals surface area (Å²) in [5.74, 6) is -0.225. The van der Waals surface area contributed by atoms with E-state index in [4.69, 9.17) is 10.5 Å². The van der Waals surface area contributed by atoms with E-state index < -0.39 is 24.1 Å². The quantitative estimate of drug-likeness (QED) is 0.742. The maximum atomic E-state index is 11.5. The molecule has 0 aliphatic rings. The zero-order valence-electron chi connectivity index (χ0n) is 10.9. The highest BCUT2D eigenvalue weighted by Crippen LogP contribution is 2.27. The van der Waals surface area contributed by atoms with Crippen LogP contribution in [0.4, 0.5) is 4.79 Å². The van der Waals surface area contributed by atoms with Crippen LogP contribution in [0, 0.1) is 0 Å². The molecule has 1 aromatic carbocycles. The fourth-order valence-electron chi connectivity index (χ4n) is 1.55. The van der Waals surface area contributed by atoms with Crippen molar-refractivity contribution in [1.29, 1.82) is 0 Å². The number of amides is 3. The van der Waals surface area contributed by atoms with Crippen molar-refractivity contribution in [2.45, 2.75) is 32.5 Å². The number of urea groups is 1. The van der Waals surface area contributed by atoms with Gasteiger partial charge in [0.1, 0.15) is 5.75 Å². The van der Waals surface area contributed by atoms with Crippen molar-refractivity contribution in [2.24, 2.45) is 5.73 Å². The van der Waals surface area contributed by atoms with Crippen LogP contribution in [-0.2, 0) is 4.79 Å². The van der Waals surface area contributed by atoms with E-state index in [1.165, 1.54) is 6.92 Å². The van der Waals surface area contributed by atoms with Gasteiger partial charge in [0.15, 0.2) is 6.10 Å². The molecule has 0 radical (unpaired) electrons. The molecule has 0 aliphatic carbocycles. The van der Waals surface area contributed by atoms with E-state index in [1.54, 1.807) is 24.3 Å². The van der Waals surface area contributed by atoms with Crippen molar-refractivity contribution in [2.75, 3.05) is 0 Å². The summed E-state index contributed by atoms with van der Waals surface area (Å²) < 4.78 is 5.45. The highest BCUT2D eigenvalue weighted by atomic mass is 16.5. The van der Waals surface area contributed by atoms with Crippen LogP contribution in [0.2, 0.25) is 0 Å². The molecule has 0 aliphatic heterocycles. The molecule has 3 amide bonds. The van der Waals surface area contributed by atoms with Gasteiger partial charge >= 0.3 is 6.03 Å². The van der Waals surface area contributed by atoms with Crippen molar-refractivity contribution in [1.82, 2.24) is 5.32 Å². The van der Waals surface area contributed by atoms with Crippen molar-refractivity contribution in [3.8, 4) is 5.75 Å². The number of benzene rings is 1. The van der Waals surface area contributed by atoms with Crippen molar-refractivity contribution < 1.29 is 19.4 Å². The molecule has 104 valence electrons. The molecule has 0 saturated carbocycles. The minimum atomic E-state index is -0.928. The molecule has 1 aromatic rings. The van der Waals surface area contributed by atoms with Gasteiger partial charge in [0.25, 0.3) is 5.91 Å². The summed E-state index contributed by atoms with van der Waals surface area (Å²) in [5, 5.41) is 11.8. The first kappa shape index (κ1) is 15.0. The molecule has 0 heterocycles. The molecule has 0 saturated heterocycles. The standard InChI is InChI=1S/C13H18N2O4/c1-3-10(16)9-6-4-5-7-11(9)19-8(2)12(17)15-13(14)18/h4-8,10,16H,3H2,1-2H3,(H3,14,15,17,18). The number of hydrogen-bond donors (Lipinski definition) is 3. The largest absolute Gasteiger partial charge is 0.481 e. The molecular formula is C13H18N2O4. The molecule has 6 heteroatoms. The third-order valence-electron chi connectivity index (χ3n) is 2.58. The maximum Gasteiger partial charge on any atom is 0.318 e. The molecule has 0 bridgehead atoms. The van der Waals surface area contributed by atoms with Gasteiger partial charge in [0.05, 0.1) is 6.10 Å². The fraction of sp³-hybridized carbons (Fsp3) is 0.385. The summed E-state index contributed by atoms with van der Waals surface area (Å²) >= 11 is 0. The van der Waals surface area contributed by atoms with E-state index in [0.29, 0.717) is 17.7 Å². The van der Waals surface area contributed by atoms with Crippen LogP contribution in [0.25, 0.3) is 0 Å². The molecule has 0 aromatic heterocycles. The van der Waals surface area contributed by atoms with Crippen LogP contribution in [0.1, 0.15) is 31.9 Å². The number of imide groups is 1. The molecule has 0 spiro atoms. The fourth-order valence-corrected chi connectivity index (χ4v) is 1.55. The van der Waals surface area contributed by atoms with E-state index in [-0.39, 0.29) is 0 Å². The summed E-state index contributed by atoms with van der Waals surface area (Å²) in [6.07, 6.45) is -1.03. The van der Waals surface area contributed by atoms with Gasteiger partial charge in [-0.2, -0.15) is 0 Å². The van der Waals surface area contributed by atoms with Crippen molar-refractivity contribution in [3.05, 3.63) is 29.8 Å². The topological polar surface area (TPSA) is 102 Å². The number of rotatable bonds is 5. The predicted molar refractivity (Wildman–Crippen MR) is 69.5 cm³/mol. The first-order chi connectivity index (χ1) is 8.95. The molecule has 19 heavy (non-hydrogen) atoms. The van der Waals surface area contributed by atoms with Gasteiger partial charge in [-0.05, 0) is 19.4 Å². The van der Waals surface area contributed by atoms with Gasteiger partial charge in [-0.25, -0.2) is 4.79 Å². The average Bonchev–Trinajstić information content (AvgIpc) is 2.37. The Hall–Kier alpha value is -2.08. The molecular weight excluding hydrogens is 248 g/mol. The Kier molecular flexibility index (Phi) is 5.32. The first-order valence-corrected chi connectivity index (χ1v) is 5.99. The minimum Gasteiger partial charge on any atom is -0.481 e. The highest BCUT2D eigenvalue weighted by molar-refractivity contribution is 5.95. The van der Waals surface area contributed by atoms with Crippen molar-refractivity contribution in [3.63, 3.8) is 0 Å². The monoisotopic (exact) mass is 266 g/mol. The Morgan fingerprint density at radius 1 is 1.42 bits per heavy atom. The summed E-state index contributed by atoms with van der Waals surface area (Å²) in [6, 6.07) is 5.96. The number of primary amides is 1. The van der Waals surface area contributed by atoms with E-state index >= 15 is 0 Å². The zero-order valence-corrected chi connectivity index (χ0v) is 10.9. The summed E-state index contributed by atoms with van der Waals surface area (Å²) in [4.78, 5) is 22.1. The Morgan fingerprint density at radius 2 is 2.05 bits per heavy atom. The molecule has 6 nitrogen and oxygen atoms in total. The Labute approximate surface area is 111 Å². The third kappa shape index (κ3) is 4.26. The lowest BCUT2D eigenvalue weighted by Gasteiger charge is -2.18. The Morgan fingerprint density at radius 3 is 2.63 bits per heavy atom. The number of ether oxygens (including phenoxy) is 1. The number of nitrogens with one attached hydrogen (secondary N) is 1. The van der Waals surface area contributed by atoms with Gasteiger partial charge in [0.2, 0.25) is 0 Å². The number of aliphatic hydroxyl groups is 1.